The van der Waals surface area contributed by atoms with E-state index >= 15 is 0 Å². The Balaban J connectivity index is 1.25. The Morgan fingerprint density at radius 2 is 1.92 bits per heavy atom. The van der Waals surface area contributed by atoms with Crippen molar-refractivity contribution in [2.75, 3.05) is 44.3 Å². The van der Waals surface area contributed by atoms with Gasteiger partial charge in [0, 0.05) is 65.8 Å². The van der Waals surface area contributed by atoms with Gasteiger partial charge in [-0.15, -0.1) is 11.3 Å². The van der Waals surface area contributed by atoms with Crippen molar-refractivity contribution >= 4 is 38.3 Å². The Morgan fingerprint density at radius 3 is 2.69 bits per heavy atom. The molecular formula is C27H31FN6OS. The number of halogens is 1. The highest BCUT2D eigenvalue weighted by molar-refractivity contribution is 7.19. The van der Waals surface area contributed by atoms with Crippen LogP contribution in [0.4, 0.5) is 10.2 Å². The number of morpholine rings is 1. The third-order valence-corrected chi connectivity index (χ3v) is 9.25. The first-order valence-electron chi connectivity index (χ1n) is 13.0. The molecule has 3 aliphatic rings. The molecule has 0 atom stereocenters. The van der Waals surface area contributed by atoms with Crippen LogP contribution in [0, 0.1) is 11.7 Å². The smallest absolute Gasteiger partial charge is 0.163 e. The van der Waals surface area contributed by atoms with Gasteiger partial charge < -0.3 is 20.4 Å². The van der Waals surface area contributed by atoms with E-state index in [0.29, 0.717) is 24.6 Å². The number of thiophene rings is 1. The van der Waals surface area contributed by atoms with Crippen molar-refractivity contribution in [3.63, 3.8) is 0 Å². The fourth-order valence-electron chi connectivity index (χ4n) is 5.88. The molecule has 5 heterocycles. The third-order valence-electron chi connectivity index (χ3n) is 8.15. The van der Waals surface area contributed by atoms with Crippen molar-refractivity contribution in [2.45, 2.75) is 37.8 Å². The second-order valence-electron chi connectivity index (χ2n) is 10.6. The Hall–Kier alpha value is -2.59. The molecule has 7 nitrogen and oxygen atoms in total. The minimum absolute atomic E-state index is 0.0507. The molecule has 0 amide bonds. The van der Waals surface area contributed by atoms with Gasteiger partial charge in [-0.3, -0.25) is 4.90 Å². The van der Waals surface area contributed by atoms with Crippen LogP contribution in [0.2, 0.25) is 0 Å². The summed E-state index contributed by atoms with van der Waals surface area (Å²) in [6.45, 7) is 5.92. The Bertz CT molecular complexity index is 1410. The summed E-state index contributed by atoms with van der Waals surface area (Å²) in [7, 11) is 0. The number of nitrogens with two attached hydrogens (primary N) is 1. The standard InChI is InChI=1S/C27H31FN6OS/c28-18-13-21(20-3-6-30-22(20)14-18)25-31-23-15-19(16-33-7-4-27(29,5-8-33)17-1-2-17)36-24(23)26(32-25)34-9-11-35-12-10-34/h3,6,13-15,17,30H,1-2,4-5,7-12,16,29H2. The zero-order chi connectivity index (χ0) is 24.3. The van der Waals surface area contributed by atoms with Crippen LogP contribution in [-0.2, 0) is 11.3 Å². The van der Waals surface area contributed by atoms with Crippen LogP contribution in [0.1, 0.15) is 30.6 Å². The molecule has 0 unspecified atom stereocenters. The topological polar surface area (TPSA) is 83.3 Å². The monoisotopic (exact) mass is 506 g/mol. The van der Waals surface area contributed by atoms with Gasteiger partial charge in [-0.1, -0.05) is 0 Å². The molecule has 9 heteroatoms. The molecule has 7 rings (SSSR count). The highest BCUT2D eigenvalue weighted by Crippen LogP contribution is 2.44. The van der Waals surface area contributed by atoms with Gasteiger partial charge >= 0.3 is 0 Å². The fraction of sp³-hybridized carbons (Fsp3) is 0.481. The summed E-state index contributed by atoms with van der Waals surface area (Å²) in [5.41, 5.74) is 9.15. The van der Waals surface area contributed by atoms with Crippen LogP contribution in [0.3, 0.4) is 0 Å². The van der Waals surface area contributed by atoms with Gasteiger partial charge in [-0.05, 0) is 55.9 Å². The van der Waals surface area contributed by atoms with E-state index in [2.05, 4.69) is 20.9 Å². The maximum absolute atomic E-state index is 14.5. The summed E-state index contributed by atoms with van der Waals surface area (Å²) < 4.78 is 21.2. The average molecular weight is 507 g/mol. The predicted octanol–water partition coefficient (Wildman–Crippen LogP) is 4.52. The van der Waals surface area contributed by atoms with Crippen molar-refractivity contribution in [2.24, 2.45) is 11.7 Å². The first-order chi connectivity index (χ1) is 17.6. The number of H-pyrrole nitrogens is 1. The molecule has 36 heavy (non-hydrogen) atoms. The zero-order valence-corrected chi connectivity index (χ0v) is 21.1. The minimum Gasteiger partial charge on any atom is -0.378 e. The van der Waals surface area contributed by atoms with Crippen LogP contribution < -0.4 is 10.6 Å². The molecule has 0 bridgehead atoms. The summed E-state index contributed by atoms with van der Waals surface area (Å²) in [5, 5.41) is 0.924. The number of aromatic nitrogens is 3. The van der Waals surface area contributed by atoms with E-state index in [1.54, 1.807) is 17.4 Å². The summed E-state index contributed by atoms with van der Waals surface area (Å²) in [5.74, 6) is 1.93. The first kappa shape index (κ1) is 22.6. The largest absolute Gasteiger partial charge is 0.378 e. The molecule has 3 fully saturated rings. The van der Waals surface area contributed by atoms with Crippen LogP contribution >= 0.6 is 11.3 Å². The molecule has 1 aromatic carbocycles. The maximum atomic E-state index is 14.5. The SMILES string of the molecule is NC1(C2CC2)CCN(Cc2cc3nc(-c4cc(F)cc5[nH]ccc45)nc(N4CCOCC4)c3s2)CC1. The van der Waals surface area contributed by atoms with Crippen molar-refractivity contribution < 1.29 is 9.13 Å². The lowest BCUT2D eigenvalue weighted by Crippen LogP contribution is -2.51. The van der Waals surface area contributed by atoms with E-state index < -0.39 is 0 Å². The summed E-state index contributed by atoms with van der Waals surface area (Å²) >= 11 is 1.78. The molecule has 4 aromatic rings. The lowest BCUT2D eigenvalue weighted by Gasteiger charge is -2.39. The van der Waals surface area contributed by atoms with E-state index in [1.165, 1.54) is 23.8 Å². The highest BCUT2D eigenvalue weighted by Gasteiger charge is 2.43. The number of nitrogens with one attached hydrogen (secondary N) is 1. The number of rotatable bonds is 5. The third kappa shape index (κ3) is 4.08. The Morgan fingerprint density at radius 1 is 1.11 bits per heavy atom. The van der Waals surface area contributed by atoms with E-state index in [9.17, 15) is 4.39 Å². The van der Waals surface area contributed by atoms with Crippen LogP contribution in [0.15, 0.2) is 30.5 Å². The van der Waals surface area contributed by atoms with E-state index in [4.69, 9.17) is 20.4 Å². The van der Waals surface area contributed by atoms with Gasteiger partial charge in [0.15, 0.2) is 11.6 Å². The van der Waals surface area contributed by atoms with Gasteiger partial charge in [0.1, 0.15) is 5.82 Å². The summed E-state index contributed by atoms with van der Waals surface area (Å²) in [6.07, 6.45) is 6.60. The van der Waals surface area contributed by atoms with E-state index in [1.807, 2.05) is 12.3 Å². The summed E-state index contributed by atoms with van der Waals surface area (Å²) in [4.78, 5) is 19.2. The Kier molecular flexibility index (Phi) is 5.50. The normalized spacial score (nSPS) is 21.0. The molecular weight excluding hydrogens is 475 g/mol. The van der Waals surface area contributed by atoms with Crippen molar-refractivity contribution in [3.8, 4) is 11.4 Å². The van der Waals surface area contributed by atoms with Crippen LogP contribution in [0.25, 0.3) is 32.5 Å². The number of aromatic amines is 1. The zero-order valence-electron chi connectivity index (χ0n) is 20.3. The van der Waals surface area contributed by atoms with E-state index in [0.717, 1.165) is 78.4 Å². The number of piperidine rings is 1. The van der Waals surface area contributed by atoms with Gasteiger partial charge in [0.05, 0.1) is 23.4 Å². The molecule has 3 aromatic heterocycles. The van der Waals surface area contributed by atoms with Crippen molar-refractivity contribution in [3.05, 3.63) is 41.2 Å². The molecule has 0 radical (unpaired) electrons. The maximum Gasteiger partial charge on any atom is 0.163 e. The van der Waals surface area contributed by atoms with Gasteiger partial charge in [-0.2, -0.15) is 0 Å². The lowest BCUT2D eigenvalue weighted by molar-refractivity contribution is 0.122. The molecule has 1 aliphatic carbocycles. The number of nitrogens with zero attached hydrogens (tertiary/aromatic N) is 4. The average Bonchev–Trinajstić information content (AvgIpc) is 3.53. The number of ether oxygens (including phenoxy) is 1. The van der Waals surface area contributed by atoms with Gasteiger partial charge in [0.2, 0.25) is 0 Å². The quantitative estimate of drug-likeness (QED) is 0.414. The summed E-state index contributed by atoms with van der Waals surface area (Å²) in [6, 6.07) is 7.22. The second-order valence-corrected chi connectivity index (χ2v) is 11.7. The lowest BCUT2D eigenvalue weighted by atomic mass is 9.84. The predicted molar refractivity (Wildman–Crippen MR) is 142 cm³/mol. The molecule has 3 N–H and O–H groups in total. The number of fused-ring (bicyclic) bond motifs is 2. The number of likely N-dealkylation sites (tertiary alicyclic amines) is 1. The van der Waals surface area contributed by atoms with Gasteiger partial charge in [0.25, 0.3) is 0 Å². The second kappa shape index (κ2) is 8.76. The minimum atomic E-state index is -0.296. The molecule has 188 valence electrons. The number of anilines is 1. The molecule has 2 aliphatic heterocycles. The number of benzene rings is 1. The number of hydrogen-bond acceptors (Lipinski definition) is 7. The van der Waals surface area contributed by atoms with Crippen LogP contribution in [0.5, 0.6) is 0 Å². The fourth-order valence-corrected chi connectivity index (χ4v) is 7.04. The molecule has 2 saturated heterocycles. The number of hydrogen-bond donors (Lipinski definition) is 2. The van der Waals surface area contributed by atoms with Crippen molar-refractivity contribution in [1.82, 2.24) is 19.9 Å². The Labute approximate surface area is 213 Å². The van der Waals surface area contributed by atoms with Crippen molar-refractivity contribution in [1.29, 1.82) is 0 Å². The van der Waals surface area contributed by atoms with Crippen LogP contribution in [-0.4, -0.2) is 64.8 Å². The van der Waals surface area contributed by atoms with Gasteiger partial charge in [-0.25, -0.2) is 14.4 Å². The molecule has 0 spiro atoms. The van der Waals surface area contributed by atoms with E-state index in [-0.39, 0.29) is 11.4 Å². The highest BCUT2D eigenvalue weighted by atomic mass is 32.1. The molecule has 1 saturated carbocycles. The first-order valence-corrected chi connectivity index (χ1v) is 13.8.